The molecule has 2 aromatic heterocycles. The first-order chi connectivity index (χ1) is 8.74. The molecule has 3 rings (SSSR count). The molecule has 0 bridgehead atoms. The minimum atomic E-state index is 0. The number of rotatable bonds is 2. The van der Waals surface area contributed by atoms with E-state index in [0.29, 0.717) is 6.04 Å². The third-order valence-corrected chi connectivity index (χ3v) is 3.74. The highest BCUT2D eigenvalue weighted by molar-refractivity contribution is 5.85. The van der Waals surface area contributed by atoms with Gasteiger partial charge in [0, 0.05) is 13.1 Å². The van der Waals surface area contributed by atoms with Gasteiger partial charge < -0.3 is 9.80 Å². The van der Waals surface area contributed by atoms with Gasteiger partial charge in [-0.2, -0.15) is 4.52 Å². The van der Waals surface area contributed by atoms with Crippen LogP contribution in [-0.4, -0.2) is 57.9 Å². The molecule has 2 aromatic rings. The number of nitrogens with zero attached hydrogens (tertiary/aromatic N) is 6. The number of hydrogen-bond acceptors (Lipinski definition) is 5. The summed E-state index contributed by atoms with van der Waals surface area (Å²) in [5, 5.41) is 12.3. The molecule has 0 saturated carbocycles. The SMILES string of the molecule is CN1CCC(N(C)c2ccc3nncn3n2)CC1.Cl. The minimum absolute atomic E-state index is 0. The summed E-state index contributed by atoms with van der Waals surface area (Å²) in [6, 6.07) is 4.55. The number of likely N-dealkylation sites (tertiary alicyclic amines) is 1. The molecule has 0 spiro atoms. The Hall–Kier alpha value is -1.40. The van der Waals surface area contributed by atoms with Gasteiger partial charge in [-0.1, -0.05) is 0 Å². The molecule has 0 unspecified atom stereocenters. The van der Waals surface area contributed by atoms with Gasteiger partial charge in [-0.15, -0.1) is 27.7 Å². The summed E-state index contributed by atoms with van der Waals surface area (Å²) in [4.78, 5) is 4.65. The van der Waals surface area contributed by atoms with Gasteiger partial charge in [0.1, 0.15) is 12.1 Å². The van der Waals surface area contributed by atoms with Crippen molar-refractivity contribution in [2.24, 2.45) is 0 Å². The van der Waals surface area contributed by atoms with Gasteiger partial charge in [-0.3, -0.25) is 0 Å². The summed E-state index contributed by atoms with van der Waals surface area (Å²) < 4.78 is 1.72. The molecular weight excluding hydrogens is 264 g/mol. The zero-order chi connectivity index (χ0) is 12.5. The summed E-state index contributed by atoms with van der Waals surface area (Å²) >= 11 is 0. The lowest BCUT2D eigenvalue weighted by molar-refractivity contribution is 0.252. The van der Waals surface area contributed by atoms with Crippen LogP contribution in [0.15, 0.2) is 18.5 Å². The fourth-order valence-corrected chi connectivity index (χ4v) is 2.48. The van der Waals surface area contributed by atoms with E-state index in [1.54, 1.807) is 10.8 Å². The van der Waals surface area contributed by atoms with Crippen LogP contribution >= 0.6 is 12.4 Å². The molecule has 3 heterocycles. The average Bonchev–Trinajstić information content (AvgIpc) is 2.86. The van der Waals surface area contributed by atoms with E-state index in [4.69, 9.17) is 0 Å². The molecule has 6 nitrogen and oxygen atoms in total. The lowest BCUT2D eigenvalue weighted by atomic mass is 10.0. The number of aromatic nitrogens is 4. The predicted octanol–water partition coefficient (Wildman–Crippen LogP) is 1.08. The number of anilines is 1. The number of fused-ring (bicyclic) bond motifs is 1. The highest BCUT2D eigenvalue weighted by Gasteiger charge is 2.21. The molecule has 0 N–H and O–H groups in total. The van der Waals surface area contributed by atoms with Gasteiger partial charge in [-0.05, 0) is 45.1 Å². The molecule has 0 radical (unpaired) electrons. The molecule has 1 aliphatic heterocycles. The van der Waals surface area contributed by atoms with Crippen LogP contribution in [0.1, 0.15) is 12.8 Å². The quantitative estimate of drug-likeness (QED) is 0.825. The predicted molar refractivity (Wildman–Crippen MR) is 77.0 cm³/mol. The first-order valence-corrected chi connectivity index (χ1v) is 6.32. The third kappa shape index (κ3) is 2.79. The molecule has 0 aliphatic carbocycles. The molecule has 0 amide bonds. The Balaban J connectivity index is 0.00000133. The number of hydrogen-bond donors (Lipinski definition) is 0. The van der Waals surface area contributed by atoms with Gasteiger partial charge in [0.15, 0.2) is 5.65 Å². The summed E-state index contributed by atoms with van der Waals surface area (Å²) in [5.74, 6) is 0.983. The van der Waals surface area contributed by atoms with Crippen LogP contribution in [-0.2, 0) is 0 Å². The van der Waals surface area contributed by atoms with Crippen LogP contribution in [0.25, 0.3) is 5.65 Å². The van der Waals surface area contributed by atoms with Crippen molar-refractivity contribution in [3.05, 3.63) is 18.5 Å². The molecule has 104 valence electrons. The summed E-state index contributed by atoms with van der Waals surface area (Å²) in [6.45, 7) is 2.31. The molecule has 0 aromatic carbocycles. The lowest BCUT2D eigenvalue weighted by Crippen LogP contribution is -2.42. The van der Waals surface area contributed by atoms with Gasteiger partial charge in [0.2, 0.25) is 0 Å². The van der Waals surface area contributed by atoms with Crippen molar-refractivity contribution in [1.82, 2.24) is 24.7 Å². The van der Waals surface area contributed by atoms with Crippen molar-refractivity contribution in [3.63, 3.8) is 0 Å². The largest absolute Gasteiger partial charge is 0.355 e. The van der Waals surface area contributed by atoms with Gasteiger partial charge in [0.05, 0.1) is 0 Å². The van der Waals surface area contributed by atoms with Crippen LogP contribution in [0.5, 0.6) is 0 Å². The normalized spacial score (nSPS) is 17.4. The second-order valence-corrected chi connectivity index (χ2v) is 4.97. The van der Waals surface area contributed by atoms with Crippen molar-refractivity contribution in [2.75, 3.05) is 32.1 Å². The van der Waals surface area contributed by atoms with Crippen molar-refractivity contribution in [2.45, 2.75) is 18.9 Å². The number of piperidine rings is 1. The van der Waals surface area contributed by atoms with E-state index < -0.39 is 0 Å². The van der Waals surface area contributed by atoms with E-state index in [-0.39, 0.29) is 12.4 Å². The van der Waals surface area contributed by atoms with Crippen LogP contribution in [0.2, 0.25) is 0 Å². The Morgan fingerprint density at radius 1 is 1.26 bits per heavy atom. The van der Waals surface area contributed by atoms with Crippen LogP contribution in [0, 0.1) is 0 Å². The Kier molecular flexibility index (Phi) is 4.21. The van der Waals surface area contributed by atoms with Gasteiger partial charge in [0.25, 0.3) is 0 Å². The van der Waals surface area contributed by atoms with Crippen molar-refractivity contribution in [3.8, 4) is 0 Å². The highest BCUT2D eigenvalue weighted by atomic mass is 35.5. The smallest absolute Gasteiger partial charge is 0.177 e. The third-order valence-electron chi connectivity index (χ3n) is 3.74. The molecular formula is C12H19ClN6. The maximum atomic E-state index is 4.53. The zero-order valence-electron chi connectivity index (χ0n) is 11.2. The molecule has 0 atom stereocenters. The van der Waals surface area contributed by atoms with Crippen LogP contribution in [0.4, 0.5) is 5.82 Å². The summed E-state index contributed by atoms with van der Waals surface area (Å²) in [7, 11) is 4.30. The monoisotopic (exact) mass is 282 g/mol. The van der Waals surface area contributed by atoms with E-state index in [2.05, 4.69) is 39.2 Å². The maximum absolute atomic E-state index is 4.53. The Morgan fingerprint density at radius 3 is 2.74 bits per heavy atom. The molecule has 1 fully saturated rings. The van der Waals surface area contributed by atoms with Crippen molar-refractivity contribution in [1.29, 1.82) is 0 Å². The van der Waals surface area contributed by atoms with Crippen LogP contribution in [0.3, 0.4) is 0 Å². The van der Waals surface area contributed by atoms with E-state index >= 15 is 0 Å². The van der Waals surface area contributed by atoms with E-state index in [9.17, 15) is 0 Å². The zero-order valence-corrected chi connectivity index (χ0v) is 12.0. The van der Waals surface area contributed by atoms with Gasteiger partial charge in [-0.25, -0.2) is 0 Å². The molecule has 1 saturated heterocycles. The fourth-order valence-electron chi connectivity index (χ4n) is 2.48. The van der Waals surface area contributed by atoms with Gasteiger partial charge >= 0.3 is 0 Å². The summed E-state index contributed by atoms with van der Waals surface area (Å²) in [5.41, 5.74) is 0.788. The number of halogens is 1. The van der Waals surface area contributed by atoms with E-state index in [1.165, 1.54) is 12.8 Å². The maximum Gasteiger partial charge on any atom is 0.177 e. The topological polar surface area (TPSA) is 49.6 Å². The lowest BCUT2D eigenvalue weighted by Gasteiger charge is -2.35. The minimum Gasteiger partial charge on any atom is -0.355 e. The first-order valence-electron chi connectivity index (χ1n) is 6.32. The van der Waals surface area contributed by atoms with E-state index in [0.717, 1.165) is 24.6 Å². The second-order valence-electron chi connectivity index (χ2n) is 4.97. The standard InChI is InChI=1S/C12H18N6.ClH/c1-16-7-5-10(6-8-16)17(2)12-4-3-11-14-13-9-18(11)15-12;/h3-4,9-10H,5-8H2,1-2H3;1H. The Morgan fingerprint density at radius 2 is 2.00 bits per heavy atom. The Labute approximate surface area is 118 Å². The Bertz CT molecular complexity index is 534. The summed E-state index contributed by atoms with van der Waals surface area (Å²) in [6.07, 6.45) is 4.02. The highest BCUT2D eigenvalue weighted by Crippen LogP contribution is 2.19. The second kappa shape index (κ2) is 5.71. The van der Waals surface area contributed by atoms with Crippen molar-refractivity contribution < 1.29 is 0 Å². The first kappa shape index (κ1) is 14.0. The fraction of sp³-hybridized carbons (Fsp3) is 0.583. The average molecular weight is 283 g/mol. The molecule has 19 heavy (non-hydrogen) atoms. The molecule has 7 heteroatoms. The van der Waals surface area contributed by atoms with Crippen LogP contribution < -0.4 is 4.90 Å². The molecule has 1 aliphatic rings. The van der Waals surface area contributed by atoms with E-state index in [1.807, 2.05) is 12.1 Å². The van der Waals surface area contributed by atoms with Crippen molar-refractivity contribution >= 4 is 23.9 Å².